The van der Waals surface area contributed by atoms with E-state index in [9.17, 15) is 14.4 Å². The lowest BCUT2D eigenvalue weighted by Gasteiger charge is -2.18. The summed E-state index contributed by atoms with van der Waals surface area (Å²) in [7, 11) is 0. The second-order valence-corrected chi connectivity index (χ2v) is 18.1. The molecule has 374 valence electrons. The number of carbonyl (C=O) groups is 3. The zero-order valence-electron chi connectivity index (χ0n) is 42.7. The van der Waals surface area contributed by atoms with E-state index in [2.05, 4.69) is 93.7 Å². The topological polar surface area (TPSA) is 78.9 Å². The second kappa shape index (κ2) is 53.5. The number of unbranched alkanes of at least 4 members (excludes halogenated alkanes) is 26. The Kier molecular flexibility index (Phi) is 50.9. The molecule has 0 aliphatic heterocycles. The van der Waals surface area contributed by atoms with Crippen LogP contribution in [-0.4, -0.2) is 37.2 Å². The van der Waals surface area contributed by atoms with Crippen LogP contribution in [0.25, 0.3) is 0 Å². The van der Waals surface area contributed by atoms with Crippen molar-refractivity contribution in [3.05, 3.63) is 72.9 Å². The molecular weight excluding hydrogens is 805 g/mol. The minimum absolute atomic E-state index is 0.0980. The normalized spacial score (nSPS) is 12.6. The quantitative estimate of drug-likeness (QED) is 0.0262. The molecule has 1 atom stereocenters. The van der Waals surface area contributed by atoms with Gasteiger partial charge in [0, 0.05) is 19.3 Å². The smallest absolute Gasteiger partial charge is 0.306 e. The minimum atomic E-state index is -0.801. The van der Waals surface area contributed by atoms with Gasteiger partial charge in [-0.1, -0.05) is 229 Å². The molecule has 0 aromatic carbocycles. The number of ether oxygens (including phenoxy) is 3. The lowest BCUT2D eigenvalue weighted by Crippen LogP contribution is -2.30. The van der Waals surface area contributed by atoms with Crippen LogP contribution in [0.15, 0.2) is 72.9 Å². The van der Waals surface area contributed by atoms with Crippen molar-refractivity contribution in [2.75, 3.05) is 13.2 Å². The molecule has 0 spiro atoms. The van der Waals surface area contributed by atoms with Gasteiger partial charge in [-0.2, -0.15) is 0 Å². The highest BCUT2D eigenvalue weighted by atomic mass is 16.6. The van der Waals surface area contributed by atoms with E-state index in [1.807, 2.05) is 0 Å². The lowest BCUT2D eigenvalue weighted by atomic mass is 10.0. The molecule has 0 unspecified atom stereocenters. The van der Waals surface area contributed by atoms with E-state index < -0.39 is 6.10 Å². The monoisotopic (exact) mass is 907 g/mol. The molecule has 0 saturated carbocycles. The maximum Gasteiger partial charge on any atom is 0.306 e. The molecule has 0 saturated heterocycles. The van der Waals surface area contributed by atoms with Crippen LogP contribution in [0, 0.1) is 0 Å². The molecule has 0 fully saturated rings. The van der Waals surface area contributed by atoms with Crippen molar-refractivity contribution in [2.24, 2.45) is 0 Å². The van der Waals surface area contributed by atoms with E-state index in [-0.39, 0.29) is 37.5 Å². The predicted octanol–water partition coefficient (Wildman–Crippen LogP) is 18.2. The average molecular weight is 907 g/mol. The Labute approximate surface area is 402 Å². The molecule has 0 bridgehead atoms. The summed E-state index contributed by atoms with van der Waals surface area (Å²) in [6.45, 7) is 6.54. The van der Waals surface area contributed by atoms with E-state index in [1.165, 1.54) is 128 Å². The first-order chi connectivity index (χ1) is 32.0. The van der Waals surface area contributed by atoms with Crippen LogP contribution >= 0.6 is 0 Å². The summed E-state index contributed by atoms with van der Waals surface area (Å²) >= 11 is 0. The second-order valence-electron chi connectivity index (χ2n) is 18.1. The van der Waals surface area contributed by atoms with E-state index in [0.29, 0.717) is 19.3 Å². The van der Waals surface area contributed by atoms with Gasteiger partial charge in [0.15, 0.2) is 6.10 Å². The van der Waals surface area contributed by atoms with Crippen LogP contribution in [0.4, 0.5) is 0 Å². The Hall–Kier alpha value is -3.15. The first-order valence-corrected chi connectivity index (χ1v) is 27.4. The number of allylic oxidation sites excluding steroid dienone is 12. The van der Waals surface area contributed by atoms with Crippen LogP contribution in [0.1, 0.15) is 265 Å². The summed E-state index contributed by atoms with van der Waals surface area (Å²) in [6, 6.07) is 0. The molecule has 0 N–H and O–H groups in total. The van der Waals surface area contributed by atoms with Gasteiger partial charge >= 0.3 is 17.9 Å². The van der Waals surface area contributed by atoms with Gasteiger partial charge < -0.3 is 14.2 Å². The number of hydrogen-bond donors (Lipinski definition) is 0. The van der Waals surface area contributed by atoms with Crippen LogP contribution in [0.2, 0.25) is 0 Å². The Bertz CT molecular complexity index is 1230. The summed E-state index contributed by atoms with van der Waals surface area (Å²) in [6.07, 6.45) is 67.4. The molecule has 0 aliphatic rings. The van der Waals surface area contributed by atoms with Crippen LogP contribution in [0.5, 0.6) is 0 Å². The van der Waals surface area contributed by atoms with Crippen molar-refractivity contribution < 1.29 is 28.6 Å². The molecule has 0 heterocycles. The number of hydrogen-bond acceptors (Lipinski definition) is 6. The molecule has 0 aromatic heterocycles. The van der Waals surface area contributed by atoms with Gasteiger partial charge in [-0.05, 0) is 89.9 Å². The highest BCUT2D eigenvalue weighted by Gasteiger charge is 2.19. The van der Waals surface area contributed by atoms with Crippen LogP contribution in [0.3, 0.4) is 0 Å². The molecule has 0 aliphatic carbocycles. The zero-order chi connectivity index (χ0) is 47.2. The van der Waals surface area contributed by atoms with Crippen molar-refractivity contribution in [3.63, 3.8) is 0 Å². The molecule has 0 aromatic rings. The van der Waals surface area contributed by atoms with Gasteiger partial charge in [-0.3, -0.25) is 14.4 Å². The Morgan fingerprint density at radius 2 is 0.569 bits per heavy atom. The number of rotatable bonds is 49. The van der Waals surface area contributed by atoms with E-state index >= 15 is 0 Å². The van der Waals surface area contributed by atoms with Gasteiger partial charge in [-0.15, -0.1) is 0 Å². The third-order valence-corrected chi connectivity index (χ3v) is 11.7. The molecular formula is C59H102O6. The predicted molar refractivity (Wildman–Crippen MR) is 279 cm³/mol. The van der Waals surface area contributed by atoms with Crippen LogP contribution in [-0.2, 0) is 28.6 Å². The molecule has 0 rings (SSSR count). The van der Waals surface area contributed by atoms with Crippen molar-refractivity contribution in [1.82, 2.24) is 0 Å². The van der Waals surface area contributed by atoms with E-state index in [1.54, 1.807) is 0 Å². The summed E-state index contributed by atoms with van der Waals surface area (Å²) in [5.41, 5.74) is 0. The highest BCUT2D eigenvalue weighted by molar-refractivity contribution is 5.71. The zero-order valence-corrected chi connectivity index (χ0v) is 42.7. The van der Waals surface area contributed by atoms with Gasteiger partial charge in [0.2, 0.25) is 0 Å². The van der Waals surface area contributed by atoms with Gasteiger partial charge in [0.05, 0.1) is 0 Å². The van der Waals surface area contributed by atoms with E-state index in [4.69, 9.17) is 14.2 Å². The lowest BCUT2D eigenvalue weighted by molar-refractivity contribution is -0.167. The first-order valence-electron chi connectivity index (χ1n) is 27.4. The third-order valence-electron chi connectivity index (χ3n) is 11.7. The Morgan fingerprint density at radius 3 is 0.954 bits per heavy atom. The average Bonchev–Trinajstić information content (AvgIpc) is 3.30. The van der Waals surface area contributed by atoms with Gasteiger partial charge in [0.25, 0.3) is 0 Å². The van der Waals surface area contributed by atoms with Crippen LogP contribution < -0.4 is 0 Å². The Balaban J connectivity index is 4.48. The fourth-order valence-corrected chi connectivity index (χ4v) is 7.52. The van der Waals surface area contributed by atoms with E-state index in [0.717, 1.165) is 89.9 Å². The summed E-state index contributed by atoms with van der Waals surface area (Å²) < 4.78 is 16.8. The first kappa shape index (κ1) is 61.9. The van der Waals surface area contributed by atoms with Crippen molar-refractivity contribution in [1.29, 1.82) is 0 Å². The van der Waals surface area contributed by atoms with Gasteiger partial charge in [0.1, 0.15) is 13.2 Å². The SMILES string of the molecule is CCCCC/C=C\C/C=C\C/C=C\C/C=C\CCCC(=O)OC[C@H](COC(=O)CCCCCCC/C=C\C/C=C\CCCCC)OC(=O)CCCCCCCCCCCCCCCCC. The van der Waals surface area contributed by atoms with Crippen molar-refractivity contribution >= 4 is 17.9 Å². The molecule has 0 amide bonds. The maximum atomic E-state index is 12.8. The molecule has 6 heteroatoms. The highest BCUT2D eigenvalue weighted by Crippen LogP contribution is 2.15. The maximum absolute atomic E-state index is 12.8. The third kappa shape index (κ3) is 51.7. The van der Waals surface area contributed by atoms with Crippen molar-refractivity contribution in [3.8, 4) is 0 Å². The van der Waals surface area contributed by atoms with Gasteiger partial charge in [-0.25, -0.2) is 0 Å². The fraction of sp³-hybridized carbons (Fsp3) is 0.746. The van der Waals surface area contributed by atoms with Crippen molar-refractivity contribution in [2.45, 2.75) is 271 Å². The molecule has 6 nitrogen and oxygen atoms in total. The fourth-order valence-electron chi connectivity index (χ4n) is 7.52. The standard InChI is InChI=1S/C59H102O6/c1-4-7-10-13-16-19-22-25-28-29-32-34-37-40-43-46-49-52-58(61)64-55-56(65-59(62)53-50-47-44-41-38-35-31-27-24-21-18-15-12-9-6-3)54-63-57(60)51-48-45-42-39-36-33-30-26-23-20-17-14-11-8-5-2/h16-17,19-20,25-26,28,30,32,34,40,43,56H,4-15,18,21-24,27,29,31,33,35-39,41-42,44-55H2,1-3H3/b19-16-,20-17-,28-25-,30-26-,34-32-,43-40-/t56-/m0/s1. The Morgan fingerprint density at radius 1 is 0.308 bits per heavy atom. The molecule has 0 radical (unpaired) electrons. The summed E-state index contributed by atoms with van der Waals surface area (Å²) in [5.74, 6) is -0.962. The summed E-state index contributed by atoms with van der Waals surface area (Å²) in [4.78, 5) is 38.0. The minimum Gasteiger partial charge on any atom is -0.462 e. The summed E-state index contributed by atoms with van der Waals surface area (Å²) in [5, 5.41) is 0. The number of esters is 3. The molecule has 65 heavy (non-hydrogen) atoms. The largest absolute Gasteiger partial charge is 0.462 e. The number of carbonyl (C=O) groups excluding carboxylic acids is 3.